The van der Waals surface area contributed by atoms with Crippen LogP contribution in [0.3, 0.4) is 0 Å². The zero-order valence-corrected chi connectivity index (χ0v) is 8.88. The molecular weight excluding hydrogens is 214 g/mol. The summed E-state index contributed by atoms with van der Waals surface area (Å²) < 4.78 is 1.12. The minimum absolute atomic E-state index is 1.12. The zero-order chi connectivity index (χ0) is 8.97. The van der Waals surface area contributed by atoms with E-state index < -0.39 is 0 Å². The van der Waals surface area contributed by atoms with Crippen LogP contribution in [-0.2, 0) is 0 Å². The number of benzene rings is 1. The van der Waals surface area contributed by atoms with Crippen LogP contribution < -0.4 is 0 Å². The average molecular weight is 226 g/mol. The van der Waals surface area contributed by atoms with Crippen molar-refractivity contribution >= 4 is 22.0 Å². The Kier molecular flexibility index (Phi) is 3.35. The van der Waals surface area contributed by atoms with E-state index in [-0.39, 0.29) is 0 Å². The summed E-state index contributed by atoms with van der Waals surface area (Å²) in [6.07, 6.45) is 4.11. The van der Waals surface area contributed by atoms with Gasteiger partial charge >= 0.3 is 0 Å². The summed E-state index contributed by atoms with van der Waals surface area (Å²) in [7, 11) is 4.02. The van der Waals surface area contributed by atoms with E-state index in [1.165, 1.54) is 5.56 Å². The maximum atomic E-state index is 3.39. The maximum Gasteiger partial charge on any atom is 0.0175 e. The summed E-state index contributed by atoms with van der Waals surface area (Å²) >= 11 is 3.39. The Hall–Kier alpha value is -0.760. The molecule has 1 rings (SSSR count). The number of halogens is 1. The van der Waals surface area contributed by atoms with E-state index in [0.717, 1.165) is 4.47 Å². The minimum atomic E-state index is 1.12. The van der Waals surface area contributed by atoms with Gasteiger partial charge in [0.05, 0.1) is 0 Å². The molecule has 0 N–H and O–H groups in total. The van der Waals surface area contributed by atoms with E-state index >= 15 is 0 Å². The molecule has 1 aromatic rings. The molecule has 0 spiro atoms. The normalized spacial score (nSPS) is 10.6. The standard InChI is InChI=1S/C10H12BrN/c1-12(2)8-7-9-3-5-10(11)6-4-9/h3-8H,1-2H3. The number of hydrogen-bond donors (Lipinski definition) is 0. The highest BCUT2D eigenvalue weighted by molar-refractivity contribution is 9.10. The van der Waals surface area contributed by atoms with Crippen molar-refractivity contribution in [2.24, 2.45) is 0 Å². The van der Waals surface area contributed by atoms with E-state index in [9.17, 15) is 0 Å². The molecule has 0 fully saturated rings. The van der Waals surface area contributed by atoms with Gasteiger partial charge in [-0.1, -0.05) is 28.1 Å². The Morgan fingerprint density at radius 2 is 1.75 bits per heavy atom. The van der Waals surface area contributed by atoms with Gasteiger partial charge in [0.1, 0.15) is 0 Å². The Labute approximate surface area is 81.8 Å². The lowest BCUT2D eigenvalue weighted by molar-refractivity contribution is 0.567. The van der Waals surface area contributed by atoms with Crippen LogP contribution in [0.1, 0.15) is 5.56 Å². The third kappa shape index (κ3) is 3.09. The van der Waals surface area contributed by atoms with Crippen LogP contribution in [-0.4, -0.2) is 19.0 Å². The van der Waals surface area contributed by atoms with Crippen molar-refractivity contribution in [3.8, 4) is 0 Å². The first-order valence-electron chi connectivity index (χ1n) is 3.78. The Bertz CT molecular complexity index is 262. The molecule has 0 aliphatic carbocycles. The van der Waals surface area contributed by atoms with Gasteiger partial charge in [0.2, 0.25) is 0 Å². The Morgan fingerprint density at radius 3 is 2.25 bits per heavy atom. The van der Waals surface area contributed by atoms with Gasteiger partial charge in [0, 0.05) is 18.6 Å². The van der Waals surface area contributed by atoms with E-state index in [4.69, 9.17) is 0 Å². The molecule has 0 radical (unpaired) electrons. The van der Waals surface area contributed by atoms with Gasteiger partial charge in [-0.05, 0) is 30.0 Å². The topological polar surface area (TPSA) is 3.24 Å². The largest absolute Gasteiger partial charge is 0.383 e. The van der Waals surface area contributed by atoms with Crippen molar-refractivity contribution in [2.45, 2.75) is 0 Å². The fourth-order valence-electron chi connectivity index (χ4n) is 0.809. The lowest BCUT2D eigenvalue weighted by Crippen LogP contribution is -1.99. The van der Waals surface area contributed by atoms with Crippen molar-refractivity contribution in [2.75, 3.05) is 14.1 Å². The molecule has 0 aliphatic rings. The number of nitrogens with zero attached hydrogens (tertiary/aromatic N) is 1. The van der Waals surface area contributed by atoms with Crippen LogP contribution in [0.25, 0.3) is 6.08 Å². The van der Waals surface area contributed by atoms with Crippen molar-refractivity contribution in [1.82, 2.24) is 4.90 Å². The average Bonchev–Trinajstić information content (AvgIpc) is 2.03. The van der Waals surface area contributed by atoms with Crippen LogP contribution in [0.4, 0.5) is 0 Å². The summed E-state index contributed by atoms with van der Waals surface area (Å²) in [5, 5.41) is 0. The Balaban J connectivity index is 2.71. The van der Waals surface area contributed by atoms with Crippen LogP contribution in [0, 0.1) is 0 Å². The quantitative estimate of drug-likeness (QED) is 0.749. The smallest absolute Gasteiger partial charge is 0.0175 e. The van der Waals surface area contributed by atoms with Crippen molar-refractivity contribution in [1.29, 1.82) is 0 Å². The molecule has 1 nitrogen and oxygen atoms in total. The molecule has 0 atom stereocenters. The van der Waals surface area contributed by atoms with Crippen molar-refractivity contribution < 1.29 is 0 Å². The van der Waals surface area contributed by atoms with Gasteiger partial charge < -0.3 is 4.90 Å². The molecule has 1 aromatic carbocycles. The van der Waals surface area contributed by atoms with E-state index in [2.05, 4.69) is 34.1 Å². The molecule has 0 saturated carbocycles. The van der Waals surface area contributed by atoms with Gasteiger partial charge in [-0.25, -0.2) is 0 Å². The molecule has 0 unspecified atom stereocenters. The second kappa shape index (κ2) is 4.31. The van der Waals surface area contributed by atoms with Crippen molar-refractivity contribution in [3.05, 3.63) is 40.5 Å². The SMILES string of the molecule is CN(C)C=Cc1ccc(Br)cc1. The fourth-order valence-corrected chi connectivity index (χ4v) is 1.07. The van der Waals surface area contributed by atoms with Gasteiger partial charge in [-0.2, -0.15) is 0 Å². The molecule has 0 heterocycles. The molecule has 64 valence electrons. The lowest BCUT2D eigenvalue weighted by atomic mass is 10.2. The monoisotopic (exact) mass is 225 g/mol. The van der Waals surface area contributed by atoms with Crippen LogP contribution in [0.15, 0.2) is 34.9 Å². The highest BCUT2D eigenvalue weighted by Crippen LogP contribution is 2.11. The summed E-state index contributed by atoms with van der Waals surface area (Å²) in [6, 6.07) is 8.22. The van der Waals surface area contributed by atoms with Gasteiger partial charge in [-0.15, -0.1) is 0 Å². The lowest BCUT2D eigenvalue weighted by Gasteiger charge is -2.02. The zero-order valence-electron chi connectivity index (χ0n) is 7.29. The van der Waals surface area contributed by atoms with Gasteiger partial charge in [0.25, 0.3) is 0 Å². The molecule has 0 bridgehead atoms. The Morgan fingerprint density at radius 1 is 1.17 bits per heavy atom. The minimum Gasteiger partial charge on any atom is -0.383 e. The summed E-state index contributed by atoms with van der Waals surface area (Å²) in [5.74, 6) is 0. The van der Waals surface area contributed by atoms with Crippen molar-refractivity contribution in [3.63, 3.8) is 0 Å². The second-order valence-corrected chi connectivity index (χ2v) is 3.75. The number of hydrogen-bond acceptors (Lipinski definition) is 1. The highest BCUT2D eigenvalue weighted by Gasteiger charge is 1.86. The van der Waals surface area contributed by atoms with Crippen LogP contribution in [0.2, 0.25) is 0 Å². The molecule has 12 heavy (non-hydrogen) atoms. The van der Waals surface area contributed by atoms with Crippen LogP contribution >= 0.6 is 15.9 Å². The van der Waals surface area contributed by atoms with E-state index in [1.54, 1.807) is 0 Å². The molecule has 0 amide bonds. The van der Waals surface area contributed by atoms with Gasteiger partial charge in [-0.3, -0.25) is 0 Å². The first kappa shape index (κ1) is 9.33. The predicted octanol–water partition coefficient (Wildman–Crippen LogP) is 2.98. The molecule has 0 aromatic heterocycles. The molecule has 0 saturated heterocycles. The molecular formula is C10H12BrN. The third-order valence-electron chi connectivity index (χ3n) is 1.44. The third-order valence-corrected chi connectivity index (χ3v) is 1.96. The maximum absolute atomic E-state index is 3.39. The fraction of sp³-hybridized carbons (Fsp3) is 0.200. The summed E-state index contributed by atoms with van der Waals surface area (Å²) in [6.45, 7) is 0. The van der Waals surface area contributed by atoms with Gasteiger partial charge in [0.15, 0.2) is 0 Å². The van der Waals surface area contributed by atoms with Crippen LogP contribution in [0.5, 0.6) is 0 Å². The number of rotatable bonds is 2. The molecule has 2 heteroatoms. The molecule has 0 aliphatic heterocycles. The summed E-state index contributed by atoms with van der Waals surface area (Å²) in [4.78, 5) is 2.02. The highest BCUT2D eigenvalue weighted by atomic mass is 79.9. The first-order valence-corrected chi connectivity index (χ1v) is 4.58. The summed E-state index contributed by atoms with van der Waals surface area (Å²) in [5.41, 5.74) is 1.21. The second-order valence-electron chi connectivity index (χ2n) is 2.83. The first-order chi connectivity index (χ1) is 5.68. The predicted molar refractivity (Wildman–Crippen MR) is 56.9 cm³/mol. The van der Waals surface area contributed by atoms with E-state index in [0.29, 0.717) is 0 Å². The van der Waals surface area contributed by atoms with E-state index in [1.807, 2.05) is 37.3 Å².